The van der Waals surface area contributed by atoms with Gasteiger partial charge in [-0.2, -0.15) is 0 Å². The topological polar surface area (TPSA) is 83.1 Å². The second-order valence-corrected chi connectivity index (χ2v) is 22.4. The van der Waals surface area contributed by atoms with Gasteiger partial charge in [-0.1, -0.05) is 105 Å². The zero-order valence-electron chi connectivity index (χ0n) is 54.8. The van der Waals surface area contributed by atoms with E-state index in [-0.39, 0.29) is 17.3 Å². The van der Waals surface area contributed by atoms with Crippen molar-refractivity contribution in [2.45, 2.75) is 348 Å². The molecule has 3 rings (SSSR count). The first kappa shape index (κ1) is 84.0. The number of para-hydroxylation sites is 1. The van der Waals surface area contributed by atoms with Crippen LogP contribution in [-0.2, 0) is 37.9 Å². The molecule has 2 aliphatic rings. The average Bonchev–Trinajstić information content (AvgIpc) is 3.83. The molecule has 9 nitrogen and oxygen atoms in total. The molecule has 0 aliphatic heterocycles. The van der Waals surface area contributed by atoms with E-state index in [0.717, 1.165) is 64.5 Å². The van der Waals surface area contributed by atoms with Crippen LogP contribution in [0.3, 0.4) is 0 Å². The van der Waals surface area contributed by atoms with Crippen molar-refractivity contribution in [3.05, 3.63) is 30.3 Å². The van der Waals surface area contributed by atoms with E-state index in [1.54, 1.807) is 7.11 Å². The van der Waals surface area contributed by atoms with Gasteiger partial charge in [-0.3, -0.25) is 0 Å². The summed E-state index contributed by atoms with van der Waals surface area (Å²) in [5, 5.41) is 0. The molecule has 0 radical (unpaired) electrons. The van der Waals surface area contributed by atoms with Crippen molar-refractivity contribution in [3.8, 4) is 5.75 Å². The van der Waals surface area contributed by atoms with E-state index < -0.39 is 0 Å². The minimum atomic E-state index is 0.0417. The Morgan fingerprint density at radius 3 is 1.08 bits per heavy atom. The second kappa shape index (κ2) is 60.9. The predicted octanol–water partition coefficient (Wildman–Crippen LogP) is 19.7. The highest BCUT2D eigenvalue weighted by molar-refractivity contribution is 5.21. The molecule has 0 bridgehead atoms. The summed E-state index contributed by atoms with van der Waals surface area (Å²) < 4.78 is 48.1. The third-order valence-corrected chi connectivity index (χ3v) is 10.4. The third kappa shape index (κ3) is 84.6. The van der Waals surface area contributed by atoms with E-state index in [9.17, 15) is 0 Å². The molecule has 2 saturated carbocycles. The fraction of sp³-hybridized carbons (Fsp3) is 0.908. The Hall–Kier alpha value is -1.30. The molecule has 2 fully saturated rings. The van der Waals surface area contributed by atoms with E-state index in [4.69, 9.17) is 42.6 Å². The first-order valence-corrected chi connectivity index (χ1v) is 30.4. The lowest BCUT2D eigenvalue weighted by Gasteiger charge is -2.23. The first-order valence-electron chi connectivity index (χ1n) is 30.4. The highest BCUT2D eigenvalue weighted by Gasteiger charge is 2.16. The van der Waals surface area contributed by atoms with E-state index in [2.05, 4.69) is 125 Å². The Morgan fingerprint density at radius 2 is 0.811 bits per heavy atom. The summed E-state index contributed by atoms with van der Waals surface area (Å²) >= 11 is 0. The van der Waals surface area contributed by atoms with Crippen molar-refractivity contribution >= 4 is 0 Å². The van der Waals surface area contributed by atoms with Crippen molar-refractivity contribution in [1.29, 1.82) is 0 Å². The van der Waals surface area contributed by atoms with E-state index in [1.807, 2.05) is 78.8 Å². The summed E-state index contributed by atoms with van der Waals surface area (Å²) in [4.78, 5) is 0. The second-order valence-electron chi connectivity index (χ2n) is 22.4. The maximum Gasteiger partial charge on any atom is 0.119 e. The molecule has 0 heterocycles. The van der Waals surface area contributed by atoms with Gasteiger partial charge >= 0.3 is 0 Å². The maximum absolute atomic E-state index is 5.69. The summed E-state index contributed by atoms with van der Waals surface area (Å²) in [6, 6.07) is 9.84. The minimum Gasteiger partial charge on any atom is -0.491 e. The summed E-state index contributed by atoms with van der Waals surface area (Å²) in [6.07, 6.45) is 25.5. The van der Waals surface area contributed by atoms with Gasteiger partial charge in [-0.25, -0.2) is 0 Å². The van der Waals surface area contributed by atoms with Crippen molar-refractivity contribution < 1.29 is 42.6 Å². The number of hydrogen-bond donors (Lipinski definition) is 0. The Bertz CT molecular complexity index is 1110. The van der Waals surface area contributed by atoms with Gasteiger partial charge in [0.15, 0.2) is 0 Å². The zero-order chi connectivity index (χ0) is 58.2. The van der Waals surface area contributed by atoms with Crippen LogP contribution in [-0.4, -0.2) is 106 Å². The van der Waals surface area contributed by atoms with E-state index >= 15 is 0 Å². The molecule has 3 atom stereocenters. The molecule has 74 heavy (non-hydrogen) atoms. The third-order valence-electron chi connectivity index (χ3n) is 10.4. The average molecular weight is 1060 g/mol. The summed E-state index contributed by atoms with van der Waals surface area (Å²) in [5.74, 6) is 0.942. The largest absolute Gasteiger partial charge is 0.491 e. The van der Waals surface area contributed by atoms with Gasteiger partial charge in [0, 0.05) is 40.1 Å². The molecule has 3 unspecified atom stereocenters. The summed E-state index contributed by atoms with van der Waals surface area (Å²) in [7, 11) is 1.71. The number of rotatable bonds is 23. The fourth-order valence-electron chi connectivity index (χ4n) is 6.57. The highest BCUT2D eigenvalue weighted by Crippen LogP contribution is 2.22. The molecule has 0 N–H and O–H groups in total. The molecule has 0 spiro atoms. The lowest BCUT2D eigenvalue weighted by Crippen LogP contribution is -2.20. The summed E-state index contributed by atoms with van der Waals surface area (Å²) in [6.45, 7) is 56.5. The molecular formula is C65H136O9. The smallest absolute Gasteiger partial charge is 0.119 e. The van der Waals surface area contributed by atoms with Crippen LogP contribution >= 0.6 is 0 Å². The van der Waals surface area contributed by atoms with Crippen LogP contribution in [0.25, 0.3) is 0 Å². The van der Waals surface area contributed by atoms with Crippen LogP contribution in [0.4, 0.5) is 0 Å². The van der Waals surface area contributed by atoms with Gasteiger partial charge in [-0.05, 0) is 208 Å². The van der Waals surface area contributed by atoms with Crippen molar-refractivity contribution in [2.24, 2.45) is 0 Å². The van der Waals surface area contributed by atoms with Gasteiger partial charge < -0.3 is 42.6 Å². The van der Waals surface area contributed by atoms with Crippen molar-refractivity contribution in [1.82, 2.24) is 0 Å². The molecule has 1 aromatic carbocycles. The molecule has 450 valence electrons. The summed E-state index contributed by atoms with van der Waals surface area (Å²) in [5.41, 5.74) is 0.0920. The first-order chi connectivity index (χ1) is 34.7. The van der Waals surface area contributed by atoms with E-state index in [1.165, 1.54) is 83.5 Å². The molecule has 0 saturated heterocycles. The lowest BCUT2D eigenvalue weighted by atomic mass is 9.98. The van der Waals surface area contributed by atoms with Gasteiger partial charge in [-0.15, -0.1) is 0 Å². The van der Waals surface area contributed by atoms with Gasteiger partial charge in [0.05, 0.1) is 66.1 Å². The predicted molar refractivity (Wildman–Crippen MR) is 326 cm³/mol. The Morgan fingerprint density at radius 1 is 0.432 bits per heavy atom. The number of ether oxygens (including phenoxy) is 9. The molecule has 9 heteroatoms. The Balaban J connectivity index is -0.000000177. The van der Waals surface area contributed by atoms with Gasteiger partial charge in [0.1, 0.15) is 5.75 Å². The highest BCUT2D eigenvalue weighted by atomic mass is 16.5. The van der Waals surface area contributed by atoms with Crippen LogP contribution in [0.5, 0.6) is 5.75 Å². The van der Waals surface area contributed by atoms with Crippen molar-refractivity contribution in [2.75, 3.05) is 40.1 Å². The van der Waals surface area contributed by atoms with Gasteiger partial charge in [0.25, 0.3) is 0 Å². The van der Waals surface area contributed by atoms with Crippen molar-refractivity contribution in [3.63, 3.8) is 0 Å². The normalized spacial score (nSPS) is 14.7. The molecule has 1 aromatic rings. The minimum absolute atomic E-state index is 0.0417. The van der Waals surface area contributed by atoms with Crippen LogP contribution in [0, 0.1) is 0 Å². The molecule has 2 aliphatic carbocycles. The number of methoxy groups -OCH3 is 1. The Labute approximate surface area is 465 Å². The molecule has 0 aromatic heterocycles. The van der Waals surface area contributed by atoms with Gasteiger partial charge in [0.2, 0.25) is 0 Å². The zero-order valence-corrected chi connectivity index (χ0v) is 54.8. The number of benzene rings is 1. The maximum atomic E-state index is 5.69. The quantitative estimate of drug-likeness (QED) is 0.106. The van der Waals surface area contributed by atoms with E-state index in [0.29, 0.717) is 48.8 Å². The van der Waals surface area contributed by atoms with Crippen LogP contribution in [0.15, 0.2) is 30.3 Å². The number of hydrogen-bond acceptors (Lipinski definition) is 9. The Kier molecular flexibility index (Phi) is 69.2. The SMILES string of the molecule is CC(C)OC1CCCC1.CC(C)OC1CCCCC1.CC(C)Oc1ccccc1.CCCC(C)OCC.CCCOC(C)C.CCCOC(C)CC.CCCOC(C)CCC.CCOC(C)(C)C.COC(C)(C)C. The molecule has 0 amide bonds. The monoisotopic (exact) mass is 1060 g/mol. The standard InChI is InChI=1S/C9H18O.C9H12O.C8H16O.C8H18O.2C7H16O.2C6H14O.C5H12O/c2*1-8(2)10-9-6-4-3-5-7-9;1-7(2)9-8-5-3-4-6-8;1-4-6-8(3)9-7-5-2;1-4-6-7(3)8-5-2;1-4-6-8-7(3)5-2;1-5-7-6(2,3)4;1-4-5-7-6(2)3;1-5(2,3)6-4/h8-9H,3-7H2,1-2H3;3-8H,1-2H3;7-8H,3-6H2,1-2H3;8H,4-7H2,1-3H3;2*7H,4-6H2,1-3H3;5H2,1-4H3;6H,4-5H2,1-3H3;1-4H3. The lowest BCUT2D eigenvalue weighted by molar-refractivity contribution is -0.0118. The van der Waals surface area contributed by atoms with Crippen LogP contribution in [0.1, 0.15) is 282 Å². The molecular weight excluding hydrogens is 925 g/mol. The van der Waals surface area contributed by atoms with Crippen LogP contribution < -0.4 is 4.74 Å². The fourth-order valence-corrected chi connectivity index (χ4v) is 6.57. The van der Waals surface area contributed by atoms with Crippen LogP contribution in [0.2, 0.25) is 0 Å².